The molecule has 0 aromatic carbocycles. The fourth-order valence-corrected chi connectivity index (χ4v) is 3.97. The summed E-state index contributed by atoms with van der Waals surface area (Å²) < 4.78 is 7.07. The smallest absolute Gasteiger partial charge is 0.225 e. The van der Waals surface area contributed by atoms with Crippen LogP contribution in [0.4, 0.5) is 5.95 Å². The molecule has 1 aliphatic rings. The summed E-state index contributed by atoms with van der Waals surface area (Å²) in [6.07, 6.45) is 7.97. The van der Waals surface area contributed by atoms with E-state index in [-0.39, 0.29) is 0 Å². The van der Waals surface area contributed by atoms with Crippen molar-refractivity contribution in [2.75, 3.05) is 12.4 Å². The van der Waals surface area contributed by atoms with E-state index in [9.17, 15) is 0 Å². The van der Waals surface area contributed by atoms with Gasteiger partial charge in [-0.1, -0.05) is 11.6 Å². The van der Waals surface area contributed by atoms with Gasteiger partial charge in [0.15, 0.2) is 10.8 Å². The van der Waals surface area contributed by atoms with Crippen LogP contribution in [0, 0.1) is 0 Å². The van der Waals surface area contributed by atoms with Crippen molar-refractivity contribution < 1.29 is 4.74 Å². The van der Waals surface area contributed by atoms with Crippen LogP contribution in [-0.4, -0.2) is 48.8 Å². The fraction of sp³-hybridized carbons (Fsp3) is 0.368. The van der Waals surface area contributed by atoms with E-state index in [1.807, 2.05) is 24.4 Å². The van der Waals surface area contributed by atoms with Gasteiger partial charge in [-0.2, -0.15) is 10.1 Å². The predicted molar refractivity (Wildman–Crippen MR) is 108 cm³/mol. The third-order valence-corrected chi connectivity index (χ3v) is 5.58. The van der Waals surface area contributed by atoms with Crippen LogP contribution in [0.5, 0.6) is 0 Å². The largest absolute Gasteiger partial charge is 0.381 e. The third kappa shape index (κ3) is 3.08. The normalized spacial score (nSPS) is 20.1. The molecule has 0 spiro atoms. The minimum absolute atomic E-state index is 0.338. The molecule has 5 rings (SSSR count). The molecular weight excluding hydrogens is 378 g/mol. The molecule has 144 valence electrons. The van der Waals surface area contributed by atoms with Crippen molar-refractivity contribution in [3.8, 4) is 11.4 Å². The van der Waals surface area contributed by atoms with E-state index in [4.69, 9.17) is 21.3 Å². The van der Waals surface area contributed by atoms with E-state index < -0.39 is 0 Å². The number of rotatable bonds is 4. The van der Waals surface area contributed by atoms with Gasteiger partial charge in [0.25, 0.3) is 0 Å². The molecule has 0 saturated heterocycles. The van der Waals surface area contributed by atoms with Crippen molar-refractivity contribution in [3.05, 3.63) is 35.7 Å². The number of imidazole rings is 1. The lowest BCUT2D eigenvalue weighted by Crippen LogP contribution is -2.29. The van der Waals surface area contributed by atoms with E-state index in [0.717, 1.165) is 42.4 Å². The van der Waals surface area contributed by atoms with Gasteiger partial charge in [0.1, 0.15) is 17.0 Å². The number of fused-ring (bicyclic) bond motifs is 2. The molecule has 0 unspecified atom stereocenters. The van der Waals surface area contributed by atoms with Crippen LogP contribution in [0.3, 0.4) is 0 Å². The van der Waals surface area contributed by atoms with E-state index in [1.165, 1.54) is 0 Å². The number of H-pyrrole nitrogens is 1. The van der Waals surface area contributed by atoms with E-state index in [1.54, 1.807) is 17.8 Å². The lowest BCUT2D eigenvalue weighted by atomic mass is 9.93. The Morgan fingerprint density at radius 2 is 2.04 bits per heavy atom. The Morgan fingerprint density at radius 1 is 1.18 bits per heavy atom. The van der Waals surface area contributed by atoms with Gasteiger partial charge in [-0.3, -0.25) is 0 Å². The van der Waals surface area contributed by atoms with Crippen LogP contribution >= 0.6 is 11.6 Å². The summed E-state index contributed by atoms with van der Waals surface area (Å²) in [5.74, 6) is 0.601. The minimum Gasteiger partial charge on any atom is -0.381 e. The summed E-state index contributed by atoms with van der Waals surface area (Å²) in [4.78, 5) is 16.8. The SMILES string of the molecule is CO[C@H]1CC[C@@H](Nc2nc(-c3ccc4ncc(Cl)n4n3)c3cc[nH]c3n2)CC1. The second kappa shape index (κ2) is 7.03. The molecule has 1 fully saturated rings. The van der Waals surface area contributed by atoms with Crippen molar-refractivity contribution >= 4 is 34.2 Å². The number of aromatic amines is 1. The van der Waals surface area contributed by atoms with Crippen LogP contribution in [0.15, 0.2) is 30.6 Å². The van der Waals surface area contributed by atoms with Crippen molar-refractivity contribution in [2.24, 2.45) is 0 Å². The molecule has 1 saturated carbocycles. The van der Waals surface area contributed by atoms with Crippen LogP contribution in [0.25, 0.3) is 28.1 Å². The lowest BCUT2D eigenvalue weighted by Gasteiger charge is -2.28. The molecule has 8 nitrogen and oxygen atoms in total. The summed E-state index contributed by atoms with van der Waals surface area (Å²) >= 11 is 6.19. The zero-order valence-corrected chi connectivity index (χ0v) is 16.1. The first kappa shape index (κ1) is 17.4. The Labute approximate surface area is 166 Å². The number of nitrogens with one attached hydrogen (secondary N) is 2. The van der Waals surface area contributed by atoms with Crippen molar-refractivity contribution in [2.45, 2.75) is 37.8 Å². The molecule has 4 aromatic heterocycles. The van der Waals surface area contributed by atoms with Crippen LogP contribution < -0.4 is 5.32 Å². The van der Waals surface area contributed by atoms with Gasteiger partial charge in [-0.15, -0.1) is 0 Å². The van der Waals surface area contributed by atoms with Gasteiger partial charge >= 0.3 is 0 Å². The number of ether oxygens (including phenoxy) is 1. The third-order valence-electron chi connectivity index (χ3n) is 5.32. The first-order valence-electron chi connectivity index (χ1n) is 9.36. The molecule has 2 N–H and O–H groups in total. The zero-order chi connectivity index (χ0) is 19.1. The summed E-state index contributed by atoms with van der Waals surface area (Å²) in [5.41, 5.74) is 2.94. The monoisotopic (exact) mass is 397 g/mol. The number of halogens is 1. The van der Waals surface area contributed by atoms with Crippen molar-refractivity contribution in [1.29, 1.82) is 0 Å². The average Bonchev–Trinajstić information content (AvgIpc) is 3.34. The quantitative estimate of drug-likeness (QED) is 0.545. The number of hydrogen-bond donors (Lipinski definition) is 2. The first-order valence-corrected chi connectivity index (χ1v) is 9.74. The number of aromatic nitrogens is 6. The van der Waals surface area contributed by atoms with Gasteiger partial charge in [0.05, 0.1) is 12.3 Å². The summed E-state index contributed by atoms with van der Waals surface area (Å²) in [5, 5.41) is 9.48. The number of anilines is 1. The highest BCUT2D eigenvalue weighted by Crippen LogP contribution is 2.28. The second-order valence-corrected chi connectivity index (χ2v) is 7.45. The molecule has 4 heterocycles. The topological polar surface area (TPSA) is 93.0 Å². The van der Waals surface area contributed by atoms with E-state index in [0.29, 0.717) is 34.6 Å². The summed E-state index contributed by atoms with van der Waals surface area (Å²) in [7, 11) is 1.78. The second-order valence-electron chi connectivity index (χ2n) is 7.06. The average molecular weight is 398 g/mol. The molecule has 0 radical (unpaired) electrons. The highest BCUT2D eigenvalue weighted by atomic mass is 35.5. The molecule has 0 aliphatic heterocycles. The van der Waals surface area contributed by atoms with Crippen LogP contribution in [0.2, 0.25) is 5.15 Å². The minimum atomic E-state index is 0.338. The molecule has 0 amide bonds. The lowest BCUT2D eigenvalue weighted by molar-refractivity contribution is 0.0681. The molecule has 0 atom stereocenters. The number of hydrogen-bond acceptors (Lipinski definition) is 6. The molecular formula is C19H20ClN7O. The Morgan fingerprint density at radius 3 is 2.86 bits per heavy atom. The Bertz CT molecular complexity index is 1130. The highest BCUT2D eigenvalue weighted by Gasteiger charge is 2.22. The fourth-order valence-electron chi connectivity index (χ4n) is 3.80. The molecule has 1 aliphatic carbocycles. The maximum atomic E-state index is 6.19. The van der Waals surface area contributed by atoms with Gasteiger partial charge in [0.2, 0.25) is 5.95 Å². The van der Waals surface area contributed by atoms with Crippen LogP contribution in [-0.2, 0) is 4.74 Å². The standard InChI is InChI=1S/C19H20ClN7O/c1-28-12-4-2-11(3-5-12)23-19-24-17(13-8-9-21-18(13)25-19)14-6-7-16-22-10-15(20)27(16)26-14/h6-12H,2-5H2,1H3,(H2,21,23,24,25)/t11-,12+. The maximum Gasteiger partial charge on any atom is 0.225 e. The molecule has 4 aromatic rings. The number of nitrogens with zero attached hydrogens (tertiary/aromatic N) is 5. The Hall–Kier alpha value is -2.71. The van der Waals surface area contributed by atoms with Gasteiger partial charge in [0, 0.05) is 24.7 Å². The Balaban J connectivity index is 1.51. The van der Waals surface area contributed by atoms with E-state index in [2.05, 4.69) is 25.4 Å². The first-order chi connectivity index (χ1) is 13.7. The summed E-state index contributed by atoms with van der Waals surface area (Å²) in [6, 6.07) is 6.08. The van der Waals surface area contributed by atoms with Crippen LogP contribution in [0.1, 0.15) is 25.7 Å². The predicted octanol–water partition coefficient (Wildman–Crippen LogP) is 3.69. The molecule has 9 heteroatoms. The zero-order valence-electron chi connectivity index (χ0n) is 15.4. The van der Waals surface area contributed by atoms with Gasteiger partial charge in [-0.25, -0.2) is 14.5 Å². The summed E-state index contributed by atoms with van der Waals surface area (Å²) in [6.45, 7) is 0. The van der Waals surface area contributed by atoms with Gasteiger partial charge in [-0.05, 0) is 43.9 Å². The Kier molecular flexibility index (Phi) is 4.37. The molecule has 0 bridgehead atoms. The van der Waals surface area contributed by atoms with Crippen molar-refractivity contribution in [3.63, 3.8) is 0 Å². The van der Waals surface area contributed by atoms with Gasteiger partial charge < -0.3 is 15.0 Å². The van der Waals surface area contributed by atoms with Crippen molar-refractivity contribution in [1.82, 2.24) is 29.5 Å². The highest BCUT2D eigenvalue weighted by molar-refractivity contribution is 6.29. The number of methoxy groups -OCH3 is 1. The van der Waals surface area contributed by atoms with E-state index >= 15 is 0 Å². The maximum absolute atomic E-state index is 6.19. The molecule has 28 heavy (non-hydrogen) atoms.